The Bertz CT molecular complexity index is 552. The summed E-state index contributed by atoms with van der Waals surface area (Å²) < 4.78 is 0. The van der Waals surface area contributed by atoms with E-state index < -0.39 is 11.9 Å². The zero-order valence-electron chi connectivity index (χ0n) is 12.0. The van der Waals surface area contributed by atoms with Gasteiger partial charge in [-0.05, 0) is 12.8 Å². The Balaban J connectivity index is 1.78. The number of hydrogen-bond donors (Lipinski definition) is 3. The van der Waals surface area contributed by atoms with Gasteiger partial charge in [0.25, 0.3) is 5.91 Å². The van der Waals surface area contributed by atoms with Crippen molar-refractivity contribution in [1.29, 1.82) is 0 Å². The van der Waals surface area contributed by atoms with Crippen LogP contribution in [0.5, 0.6) is 0 Å². The van der Waals surface area contributed by atoms with Crippen molar-refractivity contribution in [2.75, 3.05) is 6.54 Å². The van der Waals surface area contributed by atoms with Gasteiger partial charge in [-0.15, -0.1) is 0 Å². The quantitative estimate of drug-likeness (QED) is 0.722. The van der Waals surface area contributed by atoms with Crippen molar-refractivity contribution in [2.45, 2.75) is 38.1 Å². The number of nitrogens with one attached hydrogen (secondary N) is 2. The molecule has 8 nitrogen and oxygen atoms in total. The van der Waals surface area contributed by atoms with E-state index in [1.54, 1.807) is 0 Å². The lowest BCUT2D eigenvalue weighted by atomic mass is 9.95. The van der Waals surface area contributed by atoms with Crippen molar-refractivity contribution in [3.8, 4) is 0 Å². The Morgan fingerprint density at radius 2 is 1.73 bits per heavy atom. The molecule has 1 fully saturated rings. The second-order valence-electron chi connectivity index (χ2n) is 5.18. The van der Waals surface area contributed by atoms with Crippen molar-refractivity contribution in [3.05, 3.63) is 23.8 Å². The van der Waals surface area contributed by atoms with Crippen molar-refractivity contribution in [2.24, 2.45) is 0 Å². The highest BCUT2D eigenvalue weighted by Crippen LogP contribution is 2.17. The molecule has 0 bridgehead atoms. The van der Waals surface area contributed by atoms with Gasteiger partial charge in [-0.3, -0.25) is 9.59 Å². The average Bonchev–Trinajstić information content (AvgIpc) is 2.53. The standard InChI is InChI=1S/C14H18N4O4/c19-12(18-9-4-2-1-3-5-9)8-17-13(20)10-6-16-11(7-15-10)14(21)22/h6-7,9H,1-5,8H2,(H,17,20)(H,18,19)(H,21,22). The monoisotopic (exact) mass is 306 g/mol. The van der Waals surface area contributed by atoms with E-state index in [9.17, 15) is 14.4 Å². The van der Waals surface area contributed by atoms with E-state index in [2.05, 4.69) is 20.6 Å². The molecule has 1 aromatic heterocycles. The first-order valence-electron chi connectivity index (χ1n) is 7.19. The van der Waals surface area contributed by atoms with E-state index in [4.69, 9.17) is 5.11 Å². The first-order valence-corrected chi connectivity index (χ1v) is 7.19. The van der Waals surface area contributed by atoms with Crippen LogP contribution in [0.4, 0.5) is 0 Å². The van der Waals surface area contributed by atoms with Crippen molar-refractivity contribution >= 4 is 17.8 Å². The molecule has 0 unspecified atom stereocenters. The minimum Gasteiger partial charge on any atom is -0.476 e. The van der Waals surface area contributed by atoms with E-state index >= 15 is 0 Å². The maximum absolute atomic E-state index is 11.8. The molecule has 3 N–H and O–H groups in total. The number of carbonyl (C=O) groups is 3. The molecular formula is C14H18N4O4. The largest absolute Gasteiger partial charge is 0.476 e. The molecule has 1 saturated carbocycles. The van der Waals surface area contributed by atoms with Gasteiger partial charge in [-0.1, -0.05) is 19.3 Å². The average molecular weight is 306 g/mol. The van der Waals surface area contributed by atoms with E-state index in [1.165, 1.54) is 6.42 Å². The van der Waals surface area contributed by atoms with Crippen LogP contribution in [0.3, 0.4) is 0 Å². The van der Waals surface area contributed by atoms with Crippen molar-refractivity contribution in [1.82, 2.24) is 20.6 Å². The van der Waals surface area contributed by atoms with Crippen LogP contribution < -0.4 is 10.6 Å². The van der Waals surface area contributed by atoms with Gasteiger partial charge in [0.2, 0.25) is 5.91 Å². The van der Waals surface area contributed by atoms with Crippen LogP contribution >= 0.6 is 0 Å². The highest BCUT2D eigenvalue weighted by molar-refractivity contribution is 5.95. The molecule has 0 spiro atoms. The molecule has 1 heterocycles. The highest BCUT2D eigenvalue weighted by atomic mass is 16.4. The van der Waals surface area contributed by atoms with Gasteiger partial charge in [-0.2, -0.15) is 0 Å². The minimum atomic E-state index is -1.22. The molecule has 1 aliphatic carbocycles. The van der Waals surface area contributed by atoms with Gasteiger partial charge in [0.15, 0.2) is 5.69 Å². The maximum atomic E-state index is 11.8. The van der Waals surface area contributed by atoms with E-state index in [-0.39, 0.29) is 29.9 Å². The fourth-order valence-electron chi connectivity index (χ4n) is 2.33. The molecule has 0 saturated heterocycles. The molecule has 2 rings (SSSR count). The second kappa shape index (κ2) is 7.48. The molecule has 0 radical (unpaired) electrons. The number of nitrogens with zero attached hydrogens (tertiary/aromatic N) is 2. The first kappa shape index (κ1) is 15.9. The Hall–Kier alpha value is -2.51. The molecule has 118 valence electrons. The SMILES string of the molecule is O=C(CNC(=O)c1cnc(C(=O)O)cn1)NC1CCCCC1. The molecule has 1 aromatic rings. The topological polar surface area (TPSA) is 121 Å². The zero-order chi connectivity index (χ0) is 15.9. The Labute approximate surface area is 127 Å². The number of amides is 2. The van der Waals surface area contributed by atoms with Crippen LogP contribution in [-0.2, 0) is 4.79 Å². The molecule has 1 aliphatic rings. The fraction of sp³-hybridized carbons (Fsp3) is 0.500. The smallest absolute Gasteiger partial charge is 0.356 e. The summed E-state index contributed by atoms with van der Waals surface area (Å²) in [5, 5.41) is 14.0. The number of carboxylic acid groups (broad SMARTS) is 1. The van der Waals surface area contributed by atoms with Crippen LogP contribution in [0.2, 0.25) is 0 Å². The second-order valence-corrected chi connectivity index (χ2v) is 5.18. The van der Waals surface area contributed by atoms with E-state index in [1.807, 2.05) is 0 Å². The number of carboxylic acids is 1. The summed E-state index contributed by atoms with van der Waals surface area (Å²) in [6.07, 6.45) is 7.44. The molecule has 0 atom stereocenters. The van der Waals surface area contributed by atoms with Crippen molar-refractivity contribution in [3.63, 3.8) is 0 Å². The number of rotatable bonds is 5. The van der Waals surface area contributed by atoms with Crippen molar-refractivity contribution < 1.29 is 19.5 Å². The maximum Gasteiger partial charge on any atom is 0.356 e. The molecule has 0 aliphatic heterocycles. The predicted molar refractivity (Wildman–Crippen MR) is 76.3 cm³/mol. The Kier molecular flexibility index (Phi) is 5.40. The molecule has 0 aromatic carbocycles. The zero-order valence-corrected chi connectivity index (χ0v) is 12.0. The Morgan fingerprint density at radius 1 is 1.09 bits per heavy atom. The lowest BCUT2D eigenvalue weighted by Gasteiger charge is -2.22. The van der Waals surface area contributed by atoms with Gasteiger partial charge in [-0.25, -0.2) is 14.8 Å². The van der Waals surface area contributed by atoms with Crippen LogP contribution in [0.15, 0.2) is 12.4 Å². The van der Waals surface area contributed by atoms with E-state index in [0.717, 1.165) is 38.1 Å². The summed E-state index contributed by atoms with van der Waals surface area (Å²) in [6, 6.07) is 0.188. The number of aromatic carboxylic acids is 1. The summed E-state index contributed by atoms with van der Waals surface area (Å²) in [4.78, 5) is 41.5. The Morgan fingerprint density at radius 3 is 2.32 bits per heavy atom. The molecule has 22 heavy (non-hydrogen) atoms. The fourth-order valence-corrected chi connectivity index (χ4v) is 2.33. The summed E-state index contributed by atoms with van der Waals surface area (Å²) in [5.41, 5.74) is -0.276. The molecule has 8 heteroatoms. The van der Waals surface area contributed by atoms with Crippen LogP contribution in [0, 0.1) is 0 Å². The van der Waals surface area contributed by atoms with Gasteiger partial charge < -0.3 is 15.7 Å². The van der Waals surface area contributed by atoms with Crippen LogP contribution in [0.1, 0.15) is 53.1 Å². The van der Waals surface area contributed by atoms with Gasteiger partial charge >= 0.3 is 5.97 Å². The minimum absolute atomic E-state index is 0.0320. The summed E-state index contributed by atoms with van der Waals surface area (Å²) >= 11 is 0. The van der Waals surface area contributed by atoms with E-state index in [0.29, 0.717) is 0 Å². The normalized spacial score (nSPS) is 15.1. The predicted octanol–water partition coefficient (Wildman–Crippen LogP) is 0.353. The molecular weight excluding hydrogens is 288 g/mol. The first-order chi connectivity index (χ1) is 10.6. The third kappa shape index (κ3) is 4.51. The molecule has 2 amide bonds. The summed E-state index contributed by atoms with van der Waals surface area (Å²) in [5.74, 6) is -2.02. The van der Waals surface area contributed by atoms with Crippen LogP contribution in [-0.4, -0.2) is 45.4 Å². The van der Waals surface area contributed by atoms with Gasteiger partial charge in [0, 0.05) is 6.04 Å². The number of aromatic nitrogens is 2. The third-order valence-corrected chi connectivity index (χ3v) is 3.48. The number of carbonyl (C=O) groups excluding carboxylic acids is 2. The summed E-state index contributed by atoms with van der Waals surface area (Å²) in [6.45, 7) is -0.141. The number of hydrogen-bond acceptors (Lipinski definition) is 5. The third-order valence-electron chi connectivity index (χ3n) is 3.48. The summed E-state index contributed by atoms with van der Waals surface area (Å²) in [7, 11) is 0. The van der Waals surface area contributed by atoms with Gasteiger partial charge in [0.05, 0.1) is 18.9 Å². The highest BCUT2D eigenvalue weighted by Gasteiger charge is 2.16. The van der Waals surface area contributed by atoms with Gasteiger partial charge in [0.1, 0.15) is 5.69 Å². The lowest BCUT2D eigenvalue weighted by Crippen LogP contribution is -2.42. The lowest BCUT2D eigenvalue weighted by molar-refractivity contribution is -0.121. The van der Waals surface area contributed by atoms with Crippen LogP contribution in [0.25, 0.3) is 0 Å².